The zero-order chi connectivity index (χ0) is 29.3. The summed E-state index contributed by atoms with van der Waals surface area (Å²) >= 11 is 0. The summed E-state index contributed by atoms with van der Waals surface area (Å²) in [5.74, 6) is -1.23. The number of halogens is 4. The van der Waals surface area contributed by atoms with E-state index in [0.717, 1.165) is 17.8 Å². The number of rotatable bonds is 6. The van der Waals surface area contributed by atoms with Crippen LogP contribution in [0.4, 0.5) is 34.6 Å². The fourth-order valence-electron chi connectivity index (χ4n) is 5.24. The maximum Gasteiger partial charge on any atom is 1.00 e. The molecule has 0 saturated carbocycles. The zero-order valence-electron chi connectivity index (χ0n) is 23.8. The topological polar surface area (TPSA) is 112 Å². The number of hydrogen-bond donors (Lipinski definition) is 0. The van der Waals surface area contributed by atoms with Gasteiger partial charge >= 0.3 is 35.7 Å². The standard InChI is InChI=1S/C29H28F4N4O4.Na.H2O/c1-40-20-6-3-5-19(16-20)35-11-13-36(14-12-35)28-34-27-21(7-4-8-22(27)30)23(17-26(38)39)37(28)24-15-18(29(31,32)33)9-10-25(24)41-2;;/h3-10,15-16,23H,11-14,17H2,1-2H3,(H,38,39);;1H2/q;+1;/p-1/t23-;;/m0../s1. The minimum Gasteiger partial charge on any atom is -0.550 e. The summed E-state index contributed by atoms with van der Waals surface area (Å²) in [7, 11) is 2.89. The molecule has 2 aliphatic heterocycles. The Hall–Kier alpha value is -3.52. The summed E-state index contributed by atoms with van der Waals surface area (Å²) < 4.78 is 67.3. The number of benzene rings is 3. The van der Waals surface area contributed by atoms with Crippen molar-refractivity contribution in [1.82, 2.24) is 4.90 Å². The van der Waals surface area contributed by atoms with Gasteiger partial charge in [0, 0.05) is 55.9 Å². The second-order valence-corrected chi connectivity index (χ2v) is 9.61. The molecule has 3 aromatic carbocycles. The molecule has 2 N–H and O–H groups in total. The van der Waals surface area contributed by atoms with Crippen molar-refractivity contribution in [3.63, 3.8) is 0 Å². The van der Waals surface area contributed by atoms with E-state index in [1.54, 1.807) is 7.11 Å². The number of methoxy groups -OCH3 is 2. The van der Waals surface area contributed by atoms with Crippen LogP contribution in [0.25, 0.3) is 0 Å². The molecule has 0 amide bonds. The molecule has 9 nitrogen and oxygen atoms in total. The van der Waals surface area contributed by atoms with Crippen LogP contribution in [0, 0.1) is 5.82 Å². The minimum absolute atomic E-state index is 0. The van der Waals surface area contributed by atoms with Crippen LogP contribution in [0.2, 0.25) is 0 Å². The Kier molecular flexibility index (Phi) is 10.9. The Morgan fingerprint density at radius 3 is 2.28 bits per heavy atom. The molecular weight excluding hydrogens is 583 g/mol. The number of fused-ring (bicyclic) bond motifs is 1. The molecule has 0 aliphatic carbocycles. The molecule has 43 heavy (non-hydrogen) atoms. The van der Waals surface area contributed by atoms with Crippen LogP contribution in [0.1, 0.15) is 23.6 Å². The number of para-hydroxylation sites is 1. The van der Waals surface area contributed by atoms with Gasteiger partial charge in [-0.3, -0.25) is 0 Å². The number of ether oxygens (including phenoxy) is 2. The van der Waals surface area contributed by atoms with Crippen LogP contribution in [-0.4, -0.2) is 62.7 Å². The molecule has 2 aliphatic rings. The van der Waals surface area contributed by atoms with E-state index in [2.05, 4.69) is 9.89 Å². The number of piperazine rings is 1. The monoisotopic (exact) mass is 612 g/mol. The third-order valence-corrected chi connectivity index (χ3v) is 7.22. The summed E-state index contributed by atoms with van der Waals surface area (Å²) in [5.41, 5.74) is 0.0843. The van der Waals surface area contributed by atoms with Crippen LogP contribution >= 0.6 is 0 Å². The molecule has 0 aromatic heterocycles. The number of carbonyl (C=O) groups excluding carboxylic acids is 1. The molecular formula is C29H29F4N4NaO5. The van der Waals surface area contributed by atoms with E-state index in [0.29, 0.717) is 31.9 Å². The second-order valence-electron chi connectivity index (χ2n) is 9.61. The van der Waals surface area contributed by atoms with Crippen LogP contribution in [0.3, 0.4) is 0 Å². The summed E-state index contributed by atoms with van der Waals surface area (Å²) in [6.07, 6.45) is -5.30. The fourth-order valence-corrected chi connectivity index (χ4v) is 5.24. The van der Waals surface area contributed by atoms with Gasteiger partial charge in [0.1, 0.15) is 23.0 Å². The molecule has 14 heteroatoms. The molecule has 1 saturated heterocycles. The van der Waals surface area contributed by atoms with Gasteiger partial charge in [0.05, 0.1) is 31.5 Å². The van der Waals surface area contributed by atoms with Gasteiger partial charge in [-0.05, 0) is 36.4 Å². The van der Waals surface area contributed by atoms with Crippen LogP contribution in [0.15, 0.2) is 65.7 Å². The molecule has 0 radical (unpaired) electrons. The van der Waals surface area contributed by atoms with E-state index >= 15 is 4.39 Å². The summed E-state index contributed by atoms with van der Waals surface area (Å²) in [6.45, 7) is 1.76. The van der Waals surface area contributed by atoms with E-state index in [4.69, 9.17) is 9.47 Å². The average Bonchev–Trinajstić information content (AvgIpc) is 2.96. The van der Waals surface area contributed by atoms with E-state index < -0.39 is 36.0 Å². The number of guanidine groups is 1. The maximum atomic E-state index is 15.1. The fraction of sp³-hybridized carbons (Fsp3) is 0.310. The first-order valence-electron chi connectivity index (χ1n) is 12.9. The van der Waals surface area contributed by atoms with E-state index in [1.165, 1.54) is 36.3 Å². The van der Waals surface area contributed by atoms with Gasteiger partial charge in [0.25, 0.3) is 0 Å². The normalized spacial score (nSPS) is 16.4. The summed E-state index contributed by atoms with van der Waals surface area (Å²) in [4.78, 5) is 21.8. The Morgan fingerprint density at radius 2 is 1.65 bits per heavy atom. The molecule has 5 rings (SSSR count). The van der Waals surface area contributed by atoms with Gasteiger partial charge in [0.2, 0.25) is 5.96 Å². The smallest absolute Gasteiger partial charge is 0.550 e. The second kappa shape index (κ2) is 13.8. The SMILES string of the molecule is COc1cccc(N2CCN(C3=Nc4c(F)cccc4[C@H](CC(=O)[O-])N3c3cc(C(F)(F)F)ccc3OC)CC2)c1.O.[Na+]. The number of anilines is 2. The van der Waals surface area contributed by atoms with Crippen LogP contribution in [-0.2, 0) is 11.0 Å². The zero-order valence-corrected chi connectivity index (χ0v) is 25.8. The van der Waals surface area contributed by atoms with Gasteiger partial charge in [-0.25, -0.2) is 9.38 Å². The quantitative estimate of drug-likeness (QED) is 0.295. The maximum absolute atomic E-state index is 15.1. The van der Waals surface area contributed by atoms with Crippen molar-refractivity contribution in [2.75, 3.05) is 50.2 Å². The van der Waals surface area contributed by atoms with Crippen LogP contribution in [0.5, 0.6) is 11.5 Å². The van der Waals surface area contributed by atoms with Crippen LogP contribution < -0.4 is 53.9 Å². The van der Waals surface area contributed by atoms with E-state index in [1.807, 2.05) is 29.2 Å². The van der Waals surface area contributed by atoms with Crippen molar-refractivity contribution in [3.8, 4) is 11.5 Å². The van der Waals surface area contributed by atoms with Gasteiger partial charge in [-0.2, -0.15) is 13.2 Å². The predicted molar refractivity (Wildman–Crippen MR) is 147 cm³/mol. The third kappa shape index (κ3) is 7.01. The Morgan fingerprint density at radius 1 is 0.977 bits per heavy atom. The first-order chi connectivity index (χ1) is 19.6. The van der Waals surface area contributed by atoms with Crippen molar-refractivity contribution in [1.29, 1.82) is 0 Å². The molecule has 3 aromatic rings. The van der Waals surface area contributed by atoms with E-state index in [-0.39, 0.29) is 63.7 Å². The molecule has 1 fully saturated rings. The summed E-state index contributed by atoms with van der Waals surface area (Å²) in [6, 6.07) is 13.5. The van der Waals surface area contributed by atoms with Crippen molar-refractivity contribution in [2.45, 2.75) is 18.6 Å². The molecule has 2 heterocycles. The predicted octanol–water partition coefficient (Wildman–Crippen LogP) is 0.552. The van der Waals surface area contributed by atoms with Crippen molar-refractivity contribution < 1.29 is 72.0 Å². The molecule has 0 unspecified atom stereocenters. The Balaban J connectivity index is 0.00000253. The Bertz CT molecular complexity index is 1480. The molecule has 0 bridgehead atoms. The first-order valence-corrected chi connectivity index (χ1v) is 12.9. The van der Waals surface area contributed by atoms with E-state index in [9.17, 15) is 23.1 Å². The van der Waals surface area contributed by atoms with Crippen molar-refractivity contribution in [3.05, 3.63) is 77.6 Å². The van der Waals surface area contributed by atoms with Crippen molar-refractivity contribution >= 4 is 29.0 Å². The number of carboxylic acids is 1. The number of nitrogens with zero attached hydrogens (tertiary/aromatic N) is 4. The van der Waals surface area contributed by atoms with Gasteiger partial charge < -0.3 is 39.6 Å². The number of aliphatic carboxylic acids is 1. The number of carbonyl (C=O) groups is 1. The first kappa shape index (κ1) is 34.0. The minimum atomic E-state index is -4.68. The molecule has 1 atom stereocenters. The number of aliphatic imine (C=N–C) groups is 1. The van der Waals surface area contributed by atoms with Crippen molar-refractivity contribution in [2.24, 2.45) is 4.99 Å². The number of alkyl halides is 3. The van der Waals surface area contributed by atoms with Gasteiger partial charge in [0.15, 0.2) is 0 Å². The third-order valence-electron chi connectivity index (χ3n) is 7.22. The molecule has 0 spiro atoms. The largest absolute Gasteiger partial charge is 1.00 e. The van der Waals surface area contributed by atoms with Gasteiger partial charge in [-0.15, -0.1) is 0 Å². The van der Waals surface area contributed by atoms with Gasteiger partial charge in [-0.1, -0.05) is 18.2 Å². The summed E-state index contributed by atoms with van der Waals surface area (Å²) in [5, 5.41) is 11.9. The Labute approximate surface area is 267 Å². The average molecular weight is 613 g/mol. The number of carboxylic acid groups (broad SMARTS) is 1. The molecule has 224 valence electrons. The number of hydrogen-bond acceptors (Lipinski definition) is 8.